The summed E-state index contributed by atoms with van der Waals surface area (Å²) in [5, 5.41) is 0.518. The number of hydrogen-bond donors (Lipinski definition) is 0. The molecular formula is C14H18ClFO2. The molecule has 1 atom stereocenters. The average Bonchev–Trinajstić information content (AvgIpc) is 2.36. The van der Waals surface area contributed by atoms with Gasteiger partial charge in [0, 0.05) is 19.2 Å². The van der Waals surface area contributed by atoms with Gasteiger partial charge in [0.25, 0.3) is 0 Å². The Labute approximate surface area is 112 Å². The number of alkyl halides is 1. The first-order valence-corrected chi connectivity index (χ1v) is 5.85. The van der Waals surface area contributed by atoms with Crippen molar-refractivity contribution in [2.45, 2.75) is 19.0 Å². The maximum Gasteiger partial charge on any atom is 0.145 e. The summed E-state index contributed by atoms with van der Waals surface area (Å²) in [6.07, 6.45) is 0.195. The number of hydrogen-bond acceptors (Lipinski definition) is 2. The number of carbonyl (C=O) groups is 1. The van der Waals surface area contributed by atoms with Gasteiger partial charge in [-0.15, -0.1) is 0 Å². The highest BCUT2D eigenvalue weighted by atomic mass is 35.5. The highest BCUT2D eigenvalue weighted by molar-refractivity contribution is 6.30. The molecule has 1 aromatic carbocycles. The van der Waals surface area contributed by atoms with Crippen LogP contribution >= 0.6 is 11.6 Å². The van der Waals surface area contributed by atoms with Crippen LogP contribution in [0.2, 0.25) is 5.02 Å². The summed E-state index contributed by atoms with van der Waals surface area (Å²) in [6.45, 7) is 3.50. The van der Waals surface area contributed by atoms with Crippen LogP contribution < -0.4 is 0 Å². The van der Waals surface area contributed by atoms with Gasteiger partial charge in [-0.2, -0.15) is 0 Å². The van der Waals surface area contributed by atoms with Crippen molar-refractivity contribution in [1.82, 2.24) is 0 Å². The summed E-state index contributed by atoms with van der Waals surface area (Å²) in [5.41, 5.74) is 0.959. The van der Waals surface area contributed by atoms with Crippen molar-refractivity contribution in [3.8, 4) is 0 Å². The largest absolute Gasteiger partial charge is 0.388 e. The fraction of sp³-hybridized carbons (Fsp3) is 0.357. The Bertz CT molecular complexity index is 380. The molecule has 0 aliphatic carbocycles. The number of aldehydes is 1. The molecule has 0 spiro atoms. The second kappa shape index (κ2) is 9.80. The van der Waals surface area contributed by atoms with Gasteiger partial charge in [0.05, 0.1) is 0 Å². The normalized spacial score (nSPS) is 11.1. The quantitative estimate of drug-likeness (QED) is 0.595. The Balaban J connectivity index is 0.000000873. The van der Waals surface area contributed by atoms with Gasteiger partial charge >= 0.3 is 0 Å². The van der Waals surface area contributed by atoms with Crippen LogP contribution in [0.5, 0.6) is 0 Å². The van der Waals surface area contributed by atoms with Gasteiger partial charge in [0.1, 0.15) is 12.5 Å². The van der Waals surface area contributed by atoms with Crippen LogP contribution in [-0.4, -0.2) is 20.5 Å². The van der Waals surface area contributed by atoms with E-state index in [1.807, 2.05) is 0 Å². The molecule has 0 amide bonds. The Morgan fingerprint density at radius 2 is 2.17 bits per heavy atom. The van der Waals surface area contributed by atoms with Gasteiger partial charge in [-0.3, -0.25) is 4.79 Å². The van der Waals surface area contributed by atoms with Gasteiger partial charge in [-0.1, -0.05) is 30.3 Å². The SMILES string of the molecule is C=C(C=O)CCC(F)c1cccc(Cl)c1.COC. The molecule has 1 aromatic rings. The molecule has 0 N–H and O–H groups in total. The lowest BCUT2D eigenvalue weighted by atomic mass is 10.0. The van der Waals surface area contributed by atoms with Gasteiger partial charge in [0.2, 0.25) is 0 Å². The van der Waals surface area contributed by atoms with E-state index in [1.54, 1.807) is 38.5 Å². The molecule has 2 nitrogen and oxygen atoms in total. The monoisotopic (exact) mass is 272 g/mol. The highest BCUT2D eigenvalue weighted by Gasteiger charge is 2.10. The highest BCUT2D eigenvalue weighted by Crippen LogP contribution is 2.25. The lowest BCUT2D eigenvalue weighted by Crippen LogP contribution is -1.93. The zero-order valence-electron chi connectivity index (χ0n) is 10.7. The van der Waals surface area contributed by atoms with E-state index >= 15 is 0 Å². The van der Waals surface area contributed by atoms with E-state index in [1.165, 1.54) is 0 Å². The third-order valence-corrected chi connectivity index (χ3v) is 2.33. The van der Waals surface area contributed by atoms with Gasteiger partial charge in [-0.05, 0) is 36.1 Å². The summed E-state index contributed by atoms with van der Waals surface area (Å²) < 4.78 is 17.8. The zero-order valence-corrected chi connectivity index (χ0v) is 11.4. The molecule has 0 fully saturated rings. The molecule has 1 unspecified atom stereocenters. The Hall–Kier alpha value is -1.19. The number of allylic oxidation sites excluding steroid dienone is 1. The third-order valence-electron chi connectivity index (χ3n) is 2.10. The van der Waals surface area contributed by atoms with Crippen molar-refractivity contribution in [1.29, 1.82) is 0 Å². The van der Waals surface area contributed by atoms with E-state index in [2.05, 4.69) is 11.3 Å². The molecule has 0 heterocycles. The van der Waals surface area contributed by atoms with E-state index in [0.29, 0.717) is 28.9 Å². The molecular weight excluding hydrogens is 255 g/mol. The fourth-order valence-corrected chi connectivity index (χ4v) is 1.44. The predicted octanol–water partition coefficient (Wildman–Crippen LogP) is 4.15. The molecule has 0 aliphatic heterocycles. The average molecular weight is 273 g/mol. The molecule has 0 aliphatic rings. The molecule has 0 bridgehead atoms. The summed E-state index contributed by atoms with van der Waals surface area (Å²) in [7, 11) is 3.25. The van der Waals surface area contributed by atoms with Crippen molar-refractivity contribution in [3.05, 3.63) is 47.0 Å². The third kappa shape index (κ3) is 7.20. The summed E-state index contributed by atoms with van der Waals surface area (Å²) >= 11 is 5.74. The maximum atomic E-state index is 13.6. The maximum absolute atomic E-state index is 13.6. The van der Waals surface area contributed by atoms with E-state index in [4.69, 9.17) is 11.6 Å². The Kier molecular flexibility index (Phi) is 9.15. The number of halogens is 2. The first-order valence-electron chi connectivity index (χ1n) is 5.47. The minimum Gasteiger partial charge on any atom is -0.388 e. The van der Waals surface area contributed by atoms with Crippen molar-refractivity contribution < 1.29 is 13.9 Å². The van der Waals surface area contributed by atoms with Crippen LogP contribution in [0, 0.1) is 0 Å². The van der Waals surface area contributed by atoms with Crippen LogP contribution in [0.1, 0.15) is 24.6 Å². The van der Waals surface area contributed by atoms with Crippen molar-refractivity contribution >= 4 is 17.9 Å². The van der Waals surface area contributed by atoms with Crippen LogP contribution in [0.3, 0.4) is 0 Å². The lowest BCUT2D eigenvalue weighted by Gasteiger charge is -2.08. The predicted molar refractivity (Wildman–Crippen MR) is 72.7 cm³/mol. The van der Waals surface area contributed by atoms with Gasteiger partial charge in [0.15, 0.2) is 0 Å². The number of benzene rings is 1. The molecule has 0 saturated carbocycles. The Morgan fingerprint density at radius 3 is 2.67 bits per heavy atom. The van der Waals surface area contributed by atoms with Crippen LogP contribution in [0.4, 0.5) is 4.39 Å². The van der Waals surface area contributed by atoms with Crippen LogP contribution in [0.15, 0.2) is 36.4 Å². The molecule has 100 valence electrons. The number of carbonyl (C=O) groups excluding carboxylic acids is 1. The molecule has 4 heteroatoms. The van der Waals surface area contributed by atoms with Crippen molar-refractivity contribution in [2.75, 3.05) is 14.2 Å². The van der Waals surface area contributed by atoms with Gasteiger partial charge in [-0.25, -0.2) is 4.39 Å². The van der Waals surface area contributed by atoms with Crippen molar-refractivity contribution in [2.24, 2.45) is 0 Å². The second-order valence-corrected chi connectivity index (χ2v) is 4.18. The standard InChI is InChI=1S/C12H12ClFO.C2H6O/c1-9(8-15)5-6-12(14)10-3-2-4-11(13)7-10;1-3-2/h2-4,7-8,12H,1,5-6H2;1-2H3. The van der Waals surface area contributed by atoms with Crippen molar-refractivity contribution in [3.63, 3.8) is 0 Å². The zero-order chi connectivity index (χ0) is 14.0. The number of methoxy groups -OCH3 is 1. The Morgan fingerprint density at radius 1 is 1.56 bits per heavy atom. The van der Waals surface area contributed by atoms with Crippen LogP contribution in [0.25, 0.3) is 0 Å². The minimum absolute atomic E-state index is 0.262. The molecule has 1 rings (SSSR count). The summed E-state index contributed by atoms with van der Waals surface area (Å²) in [6, 6.07) is 6.68. The first kappa shape index (κ1) is 16.8. The second-order valence-electron chi connectivity index (χ2n) is 3.75. The van der Waals surface area contributed by atoms with E-state index < -0.39 is 6.17 Å². The summed E-state index contributed by atoms with van der Waals surface area (Å²) in [4.78, 5) is 10.3. The van der Waals surface area contributed by atoms with E-state index in [9.17, 15) is 9.18 Å². The number of ether oxygens (including phenoxy) is 1. The molecule has 0 saturated heterocycles. The molecule has 18 heavy (non-hydrogen) atoms. The van der Waals surface area contributed by atoms with Gasteiger partial charge < -0.3 is 4.74 Å². The topological polar surface area (TPSA) is 26.3 Å². The summed E-state index contributed by atoms with van der Waals surface area (Å²) in [5.74, 6) is 0. The molecule has 0 aromatic heterocycles. The minimum atomic E-state index is -1.10. The molecule has 0 radical (unpaired) electrons. The number of rotatable bonds is 5. The van der Waals surface area contributed by atoms with Crippen LogP contribution in [-0.2, 0) is 9.53 Å². The smallest absolute Gasteiger partial charge is 0.145 e. The van der Waals surface area contributed by atoms with E-state index in [0.717, 1.165) is 0 Å². The fourth-order valence-electron chi connectivity index (χ4n) is 1.24. The first-order chi connectivity index (χ1) is 8.54. The lowest BCUT2D eigenvalue weighted by molar-refractivity contribution is -0.105. The van der Waals surface area contributed by atoms with E-state index in [-0.39, 0.29) is 6.42 Å².